The van der Waals surface area contributed by atoms with E-state index < -0.39 is 5.97 Å². The van der Waals surface area contributed by atoms with Crippen LogP contribution >= 0.6 is 23.4 Å². The maximum absolute atomic E-state index is 12.2. The van der Waals surface area contributed by atoms with E-state index >= 15 is 0 Å². The molecule has 0 atom stereocenters. The summed E-state index contributed by atoms with van der Waals surface area (Å²) in [6, 6.07) is 14.4. The zero-order valence-electron chi connectivity index (χ0n) is 18.1. The SMILES string of the molecule is CCOC(=O)CNC(=O)CSc1nnc(COc2ccc(Cl)cc2)n1-c1ccc(OC)cc1. The van der Waals surface area contributed by atoms with Crippen LogP contribution in [0.25, 0.3) is 5.69 Å². The molecule has 0 radical (unpaired) electrons. The molecule has 0 bridgehead atoms. The number of hydrogen-bond acceptors (Lipinski definition) is 8. The molecule has 0 saturated carbocycles. The van der Waals surface area contributed by atoms with Gasteiger partial charge in [0.05, 0.1) is 19.5 Å². The molecule has 1 N–H and O–H groups in total. The number of carbonyl (C=O) groups is 2. The molecule has 0 unspecified atom stereocenters. The molecule has 3 rings (SSSR count). The Morgan fingerprint density at radius 3 is 2.42 bits per heavy atom. The average molecular weight is 491 g/mol. The summed E-state index contributed by atoms with van der Waals surface area (Å²) in [7, 11) is 1.59. The second-order valence-electron chi connectivity index (χ2n) is 6.55. The van der Waals surface area contributed by atoms with E-state index in [2.05, 4.69) is 15.5 Å². The minimum Gasteiger partial charge on any atom is -0.497 e. The number of nitrogens with zero attached hydrogens (tertiary/aromatic N) is 3. The van der Waals surface area contributed by atoms with Gasteiger partial charge in [-0.3, -0.25) is 14.2 Å². The van der Waals surface area contributed by atoms with Crippen LogP contribution in [0.2, 0.25) is 5.02 Å². The van der Waals surface area contributed by atoms with Gasteiger partial charge in [-0.05, 0) is 55.5 Å². The van der Waals surface area contributed by atoms with Crippen LogP contribution in [-0.4, -0.2) is 52.7 Å². The Bertz CT molecular complexity index is 1070. The standard InChI is InChI=1S/C22H23ClN4O5S/c1-3-31-21(29)12-24-20(28)14-33-22-26-25-19(13-32-18-8-4-15(23)5-9-18)27(22)16-6-10-17(30-2)11-7-16/h4-11H,3,12-14H2,1-2H3,(H,24,28). The number of ether oxygens (including phenoxy) is 3. The lowest BCUT2D eigenvalue weighted by Crippen LogP contribution is -2.31. The number of methoxy groups -OCH3 is 1. The Hall–Kier alpha value is -3.24. The summed E-state index contributed by atoms with van der Waals surface area (Å²) in [5.74, 6) is 1.13. The van der Waals surface area contributed by atoms with Crippen molar-refractivity contribution in [2.24, 2.45) is 0 Å². The summed E-state index contributed by atoms with van der Waals surface area (Å²) in [5, 5.41) is 12.1. The van der Waals surface area contributed by atoms with E-state index in [4.69, 9.17) is 25.8 Å². The van der Waals surface area contributed by atoms with Gasteiger partial charge in [0, 0.05) is 10.7 Å². The van der Waals surface area contributed by atoms with Crippen molar-refractivity contribution in [3.05, 3.63) is 59.4 Å². The lowest BCUT2D eigenvalue weighted by atomic mass is 10.3. The van der Waals surface area contributed by atoms with Gasteiger partial charge in [-0.15, -0.1) is 10.2 Å². The largest absolute Gasteiger partial charge is 0.497 e. The Labute approximate surface area is 200 Å². The minimum atomic E-state index is -0.487. The fourth-order valence-electron chi connectivity index (χ4n) is 2.72. The van der Waals surface area contributed by atoms with Crippen molar-refractivity contribution in [1.82, 2.24) is 20.1 Å². The third-order valence-corrected chi connectivity index (χ3v) is 5.46. The van der Waals surface area contributed by atoms with Gasteiger partial charge in [-0.2, -0.15) is 0 Å². The number of thioether (sulfide) groups is 1. The molecule has 33 heavy (non-hydrogen) atoms. The molecule has 1 amide bonds. The van der Waals surface area contributed by atoms with Crippen LogP contribution in [0.5, 0.6) is 11.5 Å². The van der Waals surface area contributed by atoms with Gasteiger partial charge < -0.3 is 19.5 Å². The first-order valence-corrected chi connectivity index (χ1v) is 11.4. The highest BCUT2D eigenvalue weighted by Crippen LogP contribution is 2.25. The maximum Gasteiger partial charge on any atom is 0.325 e. The van der Waals surface area contributed by atoms with E-state index in [1.54, 1.807) is 42.9 Å². The number of rotatable bonds is 11. The van der Waals surface area contributed by atoms with Gasteiger partial charge in [-0.1, -0.05) is 23.4 Å². The fourth-order valence-corrected chi connectivity index (χ4v) is 3.65. The molecule has 9 nitrogen and oxygen atoms in total. The number of benzene rings is 2. The topological polar surface area (TPSA) is 105 Å². The van der Waals surface area contributed by atoms with E-state index in [1.807, 2.05) is 24.3 Å². The van der Waals surface area contributed by atoms with Gasteiger partial charge in [0.1, 0.15) is 24.7 Å². The summed E-state index contributed by atoms with van der Waals surface area (Å²) in [6.07, 6.45) is 0. The third kappa shape index (κ3) is 7.13. The van der Waals surface area contributed by atoms with Gasteiger partial charge in [-0.25, -0.2) is 0 Å². The number of aromatic nitrogens is 3. The molecule has 0 saturated heterocycles. The van der Waals surface area contributed by atoms with Gasteiger partial charge >= 0.3 is 5.97 Å². The lowest BCUT2D eigenvalue weighted by molar-refractivity contribution is -0.143. The molecule has 174 valence electrons. The number of halogens is 1. The average Bonchev–Trinajstić information content (AvgIpc) is 3.24. The van der Waals surface area contributed by atoms with Gasteiger partial charge in [0.2, 0.25) is 5.91 Å². The van der Waals surface area contributed by atoms with E-state index in [0.717, 1.165) is 5.69 Å². The Kier molecular flexibility index (Phi) is 8.96. The molecule has 0 fully saturated rings. The fraction of sp³-hybridized carbons (Fsp3) is 0.273. The molecular formula is C22H23ClN4O5S. The highest BCUT2D eigenvalue weighted by atomic mass is 35.5. The quantitative estimate of drug-likeness (QED) is 0.322. The van der Waals surface area contributed by atoms with E-state index in [9.17, 15) is 9.59 Å². The summed E-state index contributed by atoms with van der Waals surface area (Å²) >= 11 is 7.11. The third-order valence-electron chi connectivity index (χ3n) is 4.28. The maximum atomic E-state index is 12.2. The smallest absolute Gasteiger partial charge is 0.325 e. The Morgan fingerprint density at radius 2 is 1.76 bits per heavy atom. The summed E-state index contributed by atoms with van der Waals surface area (Å²) < 4.78 is 17.7. The molecule has 0 aliphatic rings. The first kappa shape index (κ1) is 24.4. The highest BCUT2D eigenvalue weighted by Gasteiger charge is 2.17. The van der Waals surface area contributed by atoms with Crippen LogP contribution in [0.4, 0.5) is 0 Å². The number of amides is 1. The molecular weight excluding hydrogens is 468 g/mol. The normalized spacial score (nSPS) is 10.5. The monoisotopic (exact) mass is 490 g/mol. The number of nitrogens with one attached hydrogen (secondary N) is 1. The van der Waals surface area contributed by atoms with Crippen molar-refractivity contribution in [2.45, 2.75) is 18.7 Å². The molecule has 3 aromatic rings. The number of hydrogen-bond donors (Lipinski definition) is 1. The number of esters is 1. The minimum absolute atomic E-state index is 0.0474. The lowest BCUT2D eigenvalue weighted by Gasteiger charge is -2.12. The Morgan fingerprint density at radius 1 is 1.06 bits per heavy atom. The van der Waals surface area contributed by atoms with Crippen LogP contribution < -0.4 is 14.8 Å². The zero-order valence-corrected chi connectivity index (χ0v) is 19.7. The molecule has 11 heteroatoms. The molecule has 2 aromatic carbocycles. The van der Waals surface area contributed by atoms with Crippen LogP contribution in [-0.2, 0) is 20.9 Å². The van der Waals surface area contributed by atoms with Crippen LogP contribution in [0.15, 0.2) is 53.7 Å². The second-order valence-corrected chi connectivity index (χ2v) is 7.92. The Balaban J connectivity index is 1.74. The van der Waals surface area contributed by atoms with Gasteiger partial charge in [0.15, 0.2) is 11.0 Å². The first-order chi connectivity index (χ1) is 16.0. The molecule has 1 aromatic heterocycles. The van der Waals surface area contributed by atoms with Crippen molar-refractivity contribution in [1.29, 1.82) is 0 Å². The van der Waals surface area contributed by atoms with Crippen LogP contribution in [0.3, 0.4) is 0 Å². The van der Waals surface area contributed by atoms with E-state index in [1.165, 1.54) is 11.8 Å². The summed E-state index contributed by atoms with van der Waals surface area (Å²) in [6.45, 7) is 1.93. The van der Waals surface area contributed by atoms with E-state index in [-0.39, 0.29) is 31.4 Å². The second kappa shape index (κ2) is 12.1. The predicted molar refractivity (Wildman–Crippen MR) is 124 cm³/mol. The van der Waals surface area contributed by atoms with E-state index in [0.29, 0.717) is 27.5 Å². The zero-order chi connectivity index (χ0) is 23.6. The van der Waals surface area contributed by atoms with Crippen LogP contribution in [0, 0.1) is 0 Å². The number of carbonyl (C=O) groups excluding carboxylic acids is 2. The molecule has 0 aliphatic heterocycles. The predicted octanol–water partition coefficient (Wildman–Crippen LogP) is 3.28. The highest BCUT2D eigenvalue weighted by molar-refractivity contribution is 7.99. The molecule has 0 aliphatic carbocycles. The first-order valence-electron chi connectivity index (χ1n) is 10.0. The summed E-state index contributed by atoms with van der Waals surface area (Å²) in [4.78, 5) is 23.6. The molecule has 0 spiro atoms. The van der Waals surface area contributed by atoms with Crippen molar-refractivity contribution in [3.63, 3.8) is 0 Å². The molecule has 1 heterocycles. The van der Waals surface area contributed by atoms with Crippen molar-refractivity contribution < 1.29 is 23.8 Å². The van der Waals surface area contributed by atoms with Crippen molar-refractivity contribution in [3.8, 4) is 17.2 Å². The van der Waals surface area contributed by atoms with Crippen LogP contribution in [0.1, 0.15) is 12.7 Å². The van der Waals surface area contributed by atoms with Gasteiger partial charge in [0.25, 0.3) is 0 Å². The van der Waals surface area contributed by atoms with Crippen molar-refractivity contribution in [2.75, 3.05) is 26.0 Å². The summed E-state index contributed by atoms with van der Waals surface area (Å²) in [5.41, 5.74) is 0.782. The van der Waals surface area contributed by atoms with Crippen molar-refractivity contribution >= 4 is 35.2 Å².